The quantitative estimate of drug-likeness (QED) is 0.631. The van der Waals surface area contributed by atoms with Crippen LogP contribution in [0, 0.1) is 13.8 Å². The van der Waals surface area contributed by atoms with E-state index in [1.54, 1.807) is 12.4 Å². The predicted octanol–water partition coefficient (Wildman–Crippen LogP) is 4.38. The van der Waals surface area contributed by atoms with E-state index in [4.69, 9.17) is 0 Å². The van der Waals surface area contributed by atoms with Crippen molar-refractivity contribution in [3.8, 4) is 11.3 Å². The minimum Gasteiger partial charge on any atom is -0.345 e. The van der Waals surface area contributed by atoms with Gasteiger partial charge in [0.15, 0.2) is 5.13 Å². The van der Waals surface area contributed by atoms with Crippen LogP contribution < -0.4 is 5.32 Å². The number of pyridine rings is 1. The van der Waals surface area contributed by atoms with Gasteiger partial charge in [-0.3, -0.25) is 9.78 Å². The van der Waals surface area contributed by atoms with Gasteiger partial charge in [-0.15, -0.1) is 17.9 Å². The molecule has 0 bridgehead atoms. The van der Waals surface area contributed by atoms with Gasteiger partial charge in [0.05, 0.1) is 5.69 Å². The Morgan fingerprint density at radius 1 is 1.42 bits per heavy atom. The van der Waals surface area contributed by atoms with Gasteiger partial charge in [0, 0.05) is 47.7 Å². The van der Waals surface area contributed by atoms with Crippen LogP contribution >= 0.6 is 11.3 Å². The second-order valence-electron chi connectivity index (χ2n) is 6.13. The molecule has 3 heterocycles. The summed E-state index contributed by atoms with van der Waals surface area (Å²) in [7, 11) is 0. The van der Waals surface area contributed by atoms with Crippen molar-refractivity contribution >= 4 is 22.4 Å². The van der Waals surface area contributed by atoms with Gasteiger partial charge in [0.2, 0.25) is 5.91 Å². The lowest BCUT2D eigenvalue weighted by Gasteiger charge is -2.05. The van der Waals surface area contributed by atoms with Crippen LogP contribution in [-0.2, 0) is 17.8 Å². The summed E-state index contributed by atoms with van der Waals surface area (Å²) in [6, 6.07) is 5.98. The van der Waals surface area contributed by atoms with E-state index in [9.17, 15) is 4.79 Å². The van der Waals surface area contributed by atoms with Gasteiger partial charge in [-0.05, 0) is 38.0 Å². The van der Waals surface area contributed by atoms with Crippen LogP contribution in [0.25, 0.3) is 11.3 Å². The molecule has 1 N–H and O–H groups in total. The van der Waals surface area contributed by atoms with Crippen molar-refractivity contribution in [3.63, 3.8) is 0 Å². The zero-order valence-corrected chi connectivity index (χ0v) is 15.8. The van der Waals surface area contributed by atoms with E-state index < -0.39 is 0 Å². The van der Waals surface area contributed by atoms with Crippen molar-refractivity contribution in [3.05, 3.63) is 65.6 Å². The van der Waals surface area contributed by atoms with E-state index in [2.05, 4.69) is 46.3 Å². The van der Waals surface area contributed by atoms with Gasteiger partial charge in [-0.1, -0.05) is 12.1 Å². The maximum absolute atomic E-state index is 12.2. The summed E-state index contributed by atoms with van der Waals surface area (Å²) in [6.45, 7) is 8.75. The fourth-order valence-electron chi connectivity index (χ4n) is 2.91. The molecular formula is C20H22N4OS. The third-order valence-electron chi connectivity index (χ3n) is 4.28. The highest BCUT2D eigenvalue weighted by Gasteiger charge is 2.14. The molecule has 5 nitrogen and oxygen atoms in total. The van der Waals surface area contributed by atoms with Gasteiger partial charge in [0.1, 0.15) is 0 Å². The van der Waals surface area contributed by atoms with Crippen LogP contribution in [0.4, 0.5) is 5.13 Å². The number of carbonyl (C=O) groups excluding carboxylic acids is 1. The molecule has 0 radical (unpaired) electrons. The third kappa shape index (κ3) is 4.08. The van der Waals surface area contributed by atoms with E-state index >= 15 is 0 Å². The van der Waals surface area contributed by atoms with Gasteiger partial charge < -0.3 is 9.88 Å². The number of nitrogens with one attached hydrogen (secondary N) is 1. The van der Waals surface area contributed by atoms with Gasteiger partial charge in [-0.25, -0.2) is 4.98 Å². The first kappa shape index (κ1) is 18.1. The number of nitrogens with zero attached hydrogens (tertiary/aromatic N) is 3. The highest BCUT2D eigenvalue weighted by Crippen LogP contribution is 2.30. The minimum atomic E-state index is -0.0353. The SMILES string of the molecule is C=CCn1c(C)cc(-c2csc(NC(=O)CCc3cccnc3)n2)c1C. The van der Waals surface area contributed by atoms with E-state index in [-0.39, 0.29) is 5.91 Å². The lowest BCUT2D eigenvalue weighted by molar-refractivity contribution is -0.116. The van der Waals surface area contributed by atoms with Crippen LogP contribution in [0.5, 0.6) is 0 Å². The molecule has 0 unspecified atom stereocenters. The number of thiazole rings is 1. The molecule has 26 heavy (non-hydrogen) atoms. The Bertz CT molecular complexity index is 911. The number of hydrogen-bond donors (Lipinski definition) is 1. The highest BCUT2D eigenvalue weighted by atomic mass is 32.1. The summed E-state index contributed by atoms with van der Waals surface area (Å²) in [6.07, 6.45) is 6.48. The standard InChI is InChI=1S/C20H22N4OS/c1-4-10-24-14(2)11-17(15(24)3)18-13-26-20(22-18)23-19(25)8-7-16-6-5-9-21-12-16/h4-6,9,11-13H,1,7-8,10H2,2-3H3,(H,22,23,25). The van der Waals surface area contributed by atoms with Crippen LogP contribution in [-0.4, -0.2) is 20.4 Å². The predicted molar refractivity (Wildman–Crippen MR) is 106 cm³/mol. The molecule has 1 amide bonds. The van der Waals surface area contributed by atoms with Crippen LogP contribution in [0.3, 0.4) is 0 Å². The van der Waals surface area contributed by atoms with Crippen molar-refractivity contribution in [2.24, 2.45) is 0 Å². The smallest absolute Gasteiger partial charge is 0.226 e. The summed E-state index contributed by atoms with van der Waals surface area (Å²) in [5.41, 5.74) is 5.36. The summed E-state index contributed by atoms with van der Waals surface area (Å²) >= 11 is 1.45. The number of hydrogen-bond acceptors (Lipinski definition) is 4. The monoisotopic (exact) mass is 366 g/mol. The largest absolute Gasteiger partial charge is 0.345 e. The molecule has 0 spiro atoms. The van der Waals surface area contributed by atoms with Crippen LogP contribution in [0.15, 0.2) is 48.6 Å². The number of rotatable bonds is 7. The Morgan fingerprint density at radius 3 is 3.00 bits per heavy atom. The average Bonchev–Trinajstić information content (AvgIpc) is 3.20. The summed E-state index contributed by atoms with van der Waals surface area (Å²) in [5.74, 6) is -0.0353. The lowest BCUT2D eigenvalue weighted by atomic mass is 10.1. The third-order valence-corrected chi connectivity index (χ3v) is 5.03. The summed E-state index contributed by atoms with van der Waals surface area (Å²) in [5, 5.41) is 5.51. The first-order valence-electron chi connectivity index (χ1n) is 8.50. The number of anilines is 1. The first-order valence-corrected chi connectivity index (χ1v) is 9.38. The maximum atomic E-state index is 12.2. The molecule has 0 aliphatic rings. The number of allylic oxidation sites excluding steroid dienone is 1. The zero-order chi connectivity index (χ0) is 18.5. The average molecular weight is 366 g/mol. The van der Waals surface area contributed by atoms with Gasteiger partial charge >= 0.3 is 0 Å². The molecule has 0 aliphatic heterocycles. The number of aromatic nitrogens is 3. The fourth-order valence-corrected chi connectivity index (χ4v) is 3.64. The van der Waals surface area contributed by atoms with Crippen LogP contribution in [0.1, 0.15) is 23.4 Å². The zero-order valence-electron chi connectivity index (χ0n) is 15.0. The molecular weight excluding hydrogens is 344 g/mol. The Kier molecular flexibility index (Phi) is 5.63. The summed E-state index contributed by atoms with van der Waals surface area (Å²) in [4.78, 5) is 20.8. The molecule has 0 aliphatic carbocycles. The topological polar surface area (TPSA) is 59.8 Å². The Balaban J connectivity index is 1.65. The molecule has 0 saturated carbocycles. The Morgan fingerprint density at radius 2 is 2.27 bits per heavy atom. The molecule has 3 aromatic heterocycles. The maximum Gasteiger partial charge on any atom is 0.226 e. The minimum absolute atomic E-state index is 0.0353. The molecule has 0 fully saturated rings. The van der Waals surface area contributed by atoms with E-state index in [1.807, 2.05) is 23.6 Å². The molecule has 0 saturated heterocycles. The number of carbonyl (C=O) groups is 1. The Labute approximate surface area is 157 Å². The molecule has 0 aromatic carbocycles. The lowest BCUT2D eigenvalue weighted by Crippen LogP contribution is -2.12. The second kappa shape index (κ2) is 8.10. The molecule has 134 valence electrons. The van der Waals surface area contributed by atoms with Gasteiger partial charge in [0.25, 0.3) is 0 Å². The van der Waals surface area contributed by atoms with Crippen molar-refractivity contribution in [1.29, 1.82) is 0 Å². The number of amides is 1. The fraction of sp³-hybridized carbons (Fsp3) is 0.250. The second-order valence-corrected chi connectivity index (χ2v) is 6.99. The van der Waals surface area contributed by atoms with Crippen molar-refractivity contribution < 1.29 is 4.79 Å². The van der Waals surface area contributed by atoms with Gasteiger partial charge in [-0.2, -0.15) is 0 Å². The Hall–Kier alpha value is -2.73. The molecule has 3 rings (SSSR count). The number of aryl methyl sites for hydroxylation is 2. The first-order chi connectivity index (χ1) is 12.6. The normalized spacial score (nSPS) is 10.7. The van der Waals surface area contributed by atoms with Crippen molar-refractivity contribution in [1.82, 2.24) is 14.5 Å². The molecule has 3 aromatic rings. The van der Waals surface area contributed by atoms with Crippen molar-refractivity contribution in [2.45, 2.75) is 33.2 Å². The van der Waals surface area contributed by atoms with Crippen LogP contribution in [0.2, 0.25) is 0 Å². The highest BCUT2D eigenvalue weighted by molar-refractivity contribution is 7.14. The molecule has 0 atom stereocenters. The van der Waals surface area contributed by atoms with E-state index in [1.165, 1.54) is 17.0 Å². The van der Waals surface area contributed by atoms with E-state index in [0.717, 1.165) is 29.1 Å². The van der Waals surface area contributed by atoms with E-state index in [0.29, 0.717) is 18.0 Å². The molecule has 6 heteroatoms. The summed E-state index contributed by atoms with van der Waals surface area (Å²) < 4.78 is 2.20. The van der Waals surface area contributed by atoms with Crippen molar-refractivity contribution in [2.75, 3.05) is 5.32 Å².